The molecule has 1 aliphatic heterocycles. The van der Waals surface area contributed by atoms with E-state index < -0.39 is 22.9 Å². The summed E-state index contributed by atoms with van der Waals surface area (Å²) in [6.07, 6.45) is 1.13. The summed E-state index contributed by atoms with van der Waals surface area (Å²) in [5.41, 5.74) is -0.0539. The van der Waals surface area contributed by atoms with Gasteiger partial charge in [0, 0.05) is 24.2 Å². The normalized spacial score (nSPS) is 21.5. The van der Waals surface area contributed by atoms with Gasteiger partial charge in [0.1, 0.15) is 5.02 Å². The maximum atomic E-state index is 12.5. The van der Waals surface area contributed by atoms with Crippen molar-refractivity contribution in [1.29, 1.82) is 0 Å². The van der Waals surface area contributed by atoms with E-state index in [-0.39, 0.29) is 22.2 Å². The standard InChI is InChI=1S/C14H15ClN2O5/c1-8-10(14(19)20)3-2-6-16(8)13(18)9-4-5-12(17(21)22)11(15)7-9/h4-5,7-8,10H,2-3,6H2,1H3,(H,19,20)/t8-,10-/m1/s1. The molecule has 8 heteroatoms. The number of carboxylic acid groups (broad SMARTS) is 1. The van der Waals surface area contributed by atoms with Gasteiger partial charge in [0.15, 0.2) is 0 Å². The molecule has 1 aliphatic rings. The van der Waals surface area contributed by atoms with Gasteiger partial charge in [-0.2, -0.15) is 0 Å². The third kappa shape index (κ3) is 3.04. The molecule has 1 fully saturated rings. The second-order valence-electron chi connectivity index (χ2n) is 5.25. The Labute approximate surface area is 131 Å². The first-order valence-electron chi connectivity index (χ1n) is 6.80. The van der Waals surface area contributed by atoms with Crippen molar-refractivity contribution in [2.45, 2.75) is 25.8 Å². The van der Waals surface area contributed by atoms with Gasteiger partial charge in [-0.3, -0.25) is 19.7 Å². The van der Waals surface area contributed by atoms with Crippen LogP contribution in [-0.4, -0.2) is 39.4 Å². The van der Waals surface area contributed by atoms with Crippen molar-refractivity contribution in [3.05, 3.63) is 38.9 Å². The van der Waals surface area contributed by atoms with Crippen molar-refractivity contribution >= 4 is 29.2 Å². The second kappa shape index (κ2) is 6.31. The van der Waals surface area contributed by atoms with Crippen molar-refractivity contribution in [1.82, 2.24) is 4.90 Å². The van der Waals surface area contributed by atoms with Gasteiger partial charge in [-0.25, -0.2) is 0 Å². The van der Waals surface area contributed by atoms with Crippen LogP contribution in [0.25, 0.3) is 0 Å². The quantitative estimate of drug-likeness (QED) is 0.679. The highest BCUT2D eigenvalue weighted by Crippen LogP contribution is 2.28. The first kappa shape index (κ1) is 16.2. The lowest BCUT2D eigenvalue weighted by atomic mass is 9.90. The number of hydrogen-bond acceptors (Lipinski definition) is 4. The Kier molecular flexibility index (Phi) is 4.65. The van der Waals surface area contributed by atoms with Gasteiger partial charge in [-0.15, -0.1) is 0 Å². The molecule has 1 aromatic rings. The molecule has 1 heterocycles. The lowest BCUT2D eigenvalue weighted by Crippen LogP contribution is -2.49. The molecule has 22 heavy (non-hydrogen) atoms. The minimum atomic E-state index is -0.924. The van der Waals surface area contributed by atoms with Gasteiger partial charge in [0.25, 0.3) is 11.6 Å². The number of halogens is 1. The fraction of sp³-hybridized carbons (Fsp3) is 0.429. The first-order chi connectivity index (χ1) is 10.3. The molecule has 1 N–H and O–H groups in total. The fourth-order valence-electron chi connectivity index (χ4n) is 2.71. The lowest BCUT2D eigenvalue weighted by molar-refractivity contribution is -0.384. The van der Waals surface area contributed by atoms with E-state index in [1.54, 1.807) is 6.92 Å². The summed E-state index contributed by atoms with van der Waals surface area (Å²) in [5.74, 6) is -1.90. The number of piperidine rings is 1. The molecular weight excluding hydrogens is 312 g/mol. The molecule has 0 spiro atoms. The SMILES string of the molecule is C[C@@H]1[C@H](C(=O)O)CCCN1C(=O)c1ccc([N+](=O)[O-])c(Cl)c1. The molecule has 1 amide bonds. The summed E-state index contributed by atoms with van der Waals surface area (Å²) in [6, 6.07) is 3.33. The van der Waals surface area contributed by atoms with E-state index >= 15 is 0 Å². The van der Waals surface area contributed by atoms with Crippen LogP contribution in [0.3, 0.4) is 0 Å². The van der Waals surface area contributed by atoms with Crippen molar-refractivity contribution in [3.63, 3.8) is 0 Å². The van der Waals surface area contributed by atoms with E-state index in [9.17, 15) is 24.8 Å². The second-order valence-corrected chi connectivity index (χ2v) is 5.66. The number of benzene rings is 1. The van der Waals surface area contributed by atoms with E-state index in [1.807, 2.05) is 0 Å². The molecule has 7 nitrogen and oxygen atoms in total. The number of aliphatic carboxylic acids is 1. The Bertz CT molecular complexity index is 634. The third-order valence-electron chi connectivity index (χ3n) is 3.96. The van der Waals surface area contributed by atoms with Gasteiger partial charge in [-0.05, 0) is 31.9 Å². The summed E-state index contributed by atoms with van der Waals surface area (Å²) >= 11 is 5.82. The van der Waals surface area contributed by atoms with Crippen LogP contribution >= 0.6 is 11.6 Å². The zero-order chi connectivity index (χ0) is 16.4. The predicted octanol–water partition coefficient (Wildman–Crippen LogP) is 2.57. The van der Waals surface area contributed by atoms with Crippen LogP contribution in [-0.2, 0) is 4.79 Å². The van der Waals surface area contributed by atoms with Crippen LogP contribution in [0.4, 0.5) is 5.69 Å². The molecule has 2 atom stereocenters. The molecule has 0 saturated carbocycles. The molecule has 118 valence electrons. The first-order valence-corrected chi connectivity index (χ1v) is 7.18. The van der Waals surface area contributed by atoms with Gasteiger partial charge < -0.3 is 10.0 Å². The van der Waals surface area contributed by atoms with Crippen LogP contribution in [0.5, 0.6) is 0 Å². The Hall–Kier alpha value is -2.15. The Balaban J connectivity index is 2.26. The molecular formula is C14H15ClN2O5. The summed E-state index contributed by atoms with van der Waals surface area (Å²) in [5, 5.41) is 19.8. The molecule has 0 aliphatic carbocycles. The van der Waals surface area contributed by atoms with Gasteiger partial charge in [-0.1, -0.05) is 11.6 Å². The maximum Gasteiger partial charge on any atom is 0.308 e. The van der Waals surface area contributed by atoms with Crippen LogP contribution < -0.4 is 0 Å². The summed E-state index contributed by atoms with van der Waals surface area (Å²) in [6.45, 7) is 2.15. The van der Waals surface area contributed by atoms with Crippen LogP contribution in [0.1, 0.15) is 30.1 Å². The summed E-state index contributed by atoms with van der Waals surface area (Å²) in [7, 11) is 0. The van der Waals surface area contributed by atoms with E-state index in [1.165, 1.54) is 23.1 Å². The van der Waals surface area contributed by atoms with Crippen molar-refractivity contribution in [2.75, 3.05) is 6.54 Å². The lowest BCUT2D eigenvalue weighted by Gasteiger charge is -2.37. The number of amides is 1. The number of nitrogens with zero attached hydrogens (tertiary/aromatic N) is 2. The number of rotatable bonds is 3. The highest BCUT2D eigenvalue weighted by Gasteiger charge is 2.35. The van der Waals surface area contributed by atoms with E-state index in [0.29, 0.717) is 19.4 Å². The van der Waals surface area contributed by atoms with Gasteiger partial charge >= 0.3 is 5.97 Å². The molecule has 0 unspecified atom stereocenters. The maximum absolute atomic E-state index is 12.5. The van der Waals surface area contributed by atoms with Crippen molar-refractivity contribution in [2.24, 2.45) is 5.92 Å². The van der Waals surface area contributed by atoms with Crippen molar-refractivity contribution < 1.29 is 19.6 Å². The zero-order valence-corrected chi connectivity index (χ0v) is 12.6. The highest BCUT2D eigenvalue weighted by atomic mass is 35.5. The Morgan fingerprint density at radius 3 is 2.68 bits per heavy atom. The van der Waals surface area contributed by atoms with E-state index in [4.69, 9.17) is 11.6 Å². The summed E-state index contributed by atoms with van der Waals surface area (Å²) in [4.78, 5) is 35.3. The third-order valence-corrected chi connectivity index (χ3v) is 4.26. The van der Waals surface area contributed by atoms with Crippen LogP contribution in [0, 0.1) is 16.0 Å². The topological polar surface area (TPSA) is 101 Å². The highest BCUT2D eigenvalue weighted by molar-refractivity contribution is 6.33. The molecule has 0 radical (unpaired) electrons. The van der Waals surface area contributed by atoms with Crippen LogP contribution in [0.2, 0.25) is 5.02 Å². The summed E-state index contributed by atoms with van der Waals surface area (Å²) < 4.78 is 0. The Morgan fingerprint density at radius 1 is 1.45 bits per heavy atom. The van der Waals surface area contributed by atoms with Crippen molar-refractivity contribution in [3.8, 4) is 0 Å². The molecule has 1 saturated heterocycles. The minimum Gasteiger partial charge on any atom is -0.481 e. The number of carbonyl (C=O) groups is 2. The fourth-order valence-corrected chi connectivity index (χ4v) is 2.96. The van der Waals surface area contributed by atoms with E-state index in [0.717, 1.165) is 0 Å². The largest absolute Gasteiger partial charge is 0.481 e. The number of carbonyl (C=O) groups excluding carboxylic acids is 1. The number of hydrogen-bond donors (Lipinski definition) is 1. The monoisotopic (exact) mass is 326 g/mol. The smallest absolute Gasteiger partial charge is 0.308 e. The predicted molar refractivity (Wildman–Crippen MR) is 79.0 cm³/mol. The minimum absolute atomic E-state index is 0.115. The molecule has 1 aromatic carbocycles. The number of nitro groups is 1. The number of carboxylic acids is 1. The van der Waals surface area contributed by atoms with Gasteiger partial charge in [0.2, 0.25) is 0 Å². The van der Waals surface area contributed by atoms with E-state index in [2.05, 4.69) is 0 Å². The van der Waals surface area contributed by atoms with Gasteiger partial charge in [0.05, 0.1) is 10.8 Å². The molecule has 2 rings (SSSR count). The Morgan fingerprint density at radius 2 is 2.14 bits per heavy atom. The van der Waals surface area contributed by atoms with Crippen LogP contribution in [0.15, 0.2) is 18.2 Å². The number of nitro benzene ring substituents is 1. The average Bonchev–Trinajstić information content (AvgIpc) is 2.46. The average molecular weight is 327 g/mol. The zero-order valence-electron chi connectivity index (χ0n) is 11.9. The number of likely N-dealkylation sites (tertiary alicyclic amines) is 1. The molecule has 0 aromatic heterocycles. The molecule has 0 bridgehead atoms.